The first-order valence-electron chi connectivity index (χ1n) is 8.12. The van der Waals surface area contributed by atoms with Crippen LogP contribution in [-0.2, 0) is 4.79 Å². The molecule has 0 aliphatic heterocycles. The summed E-state index contributed by atoms with van der Waals surface area (Å²) in [4.78, 5) is 23.4. The van der Waals surface area contributed by atoms with Crippen molar-refractivity contribution in [3.63, 3.8) is 0 Å². The van der Waals surface area contributed by atoms with Gasteiger partial charge in [-0.1, -0.05) is 6.07 Å². The van der Waals surface area contributed by atoms with E-state index in [4.69, 9.17) is 15.2 Å². The molecular weight excluding hydrogens is 346 g/mol. The average molecular weight is 365 g/mol. The van der Waals surface area contributed by atoms with Crippen molar-refractivity contribution < 1.29 is 19.1 Å². The molecule has 0 heterocycles. The predicted octanol–water partition coefficient (Wildman–Crippen LogP) is 2.74. The van der Waals surface area contributed by atoms with Crippen LogP contribution in [0.3, 0.4) is 0 Å². The first-order valence-corrected chi connectivity index (χ1v) is 8.12. The van der Waals surface area contributed by atoms with Crippen LogP contribution in [-0.4, -0.2) is 25.5 Å². The summed E-state index contributed by atoms with van der Waals surface area (Å²) < 4.78 is 10.7. The Labute approximate surface area is 157 Å². The lowest BCUT2D eigenvalue weighted by Crippen LogP contribution is -2.14. The molecule has 0 unspecified atom stereocenters. The van der Waals surface area contributed by atoms with Gasteiger partial charge in [0.1, 0.15) is 11.6 Å². The van der Waals surface area contributed by atoms with E-state index in [2.05, 4.69) is 5.32 Å². The zero-order chi connectivity index (χ0) is 19.8. The SMILES string of the molecule is CCOc1ccc(/C=C(\C#N)C(=O)Nc2ccc(C(N)=O)cc2)cc1OC. The number of carbonyl (C=O) groups excluding carboxylic acids is 2. The highest BCUT2D eigenvalue weighted by molar-refractivity contribution is 6.09. The number of carbonyl (C=O) groups is 2. The van der Waals surface area contributed by atoms with Gasteiger partial charge in [0.2, 0.25) is 5.91 Å². The van der Waals surface area contributed by atoms with Gasteiger partial charge in [-0.2, -0.15) is 5.26 Å². The van der Waals surface area contributed by atoms with Crippen LogP contribution in [0.4, 0.5) is 5.69 Å². The van der Waals surface area contributed by atoms with E-state index in [0.29, 0.717) is 34.9 Å². The quantitative estimate of drug-likeness (QED) is 0.578. The van der Waals surface area contributed by atoms with Crippen molar-refractivity contribution >= 4 is 23.6 Å². The fourth-order valence-electron chi connectivity index (χ4n) is 2.28. The molecule has 2 aromatic carbocycles. The molecule has 0 aromatic heterocycles. The Hall–Kier alpha value is -3.79. The van der Waals surface area contributed by atoms with Gasteiger partial charge in [-0.3, -0.25) is 9.59 Å². The van der Waals surface area contributed by atoms with Crippen molar-refractivity contribution in [1.29, 1.82) is 5.26 Å². The number of nitrogens with one attached hydrogen (secondary N) is 1. The highest BCUT2D eigenvalue weighted by atomic mass is 16.5. The summed E-state index contributed by atoms with van der Waals surface area (Å²) in [5.74, 6) is -0.0490. The van der Waals surface area contributed by atoms with Gasteiger partial charge in [-0.15, -0.1) is 0 Å². The van der Waals surface area contributed by atoms with Crippen molar-refractivity contribution in [2.45, 2.75) is 6.92 Å². The molecule has 3 N–H and O–H groups in total. The predicted molar refractivity (Wildman–Crippen MR) is 101 cm³/mol. The fraction of sp³-hybridized carbons (Fsp3) is 0.150. The van der Waals surface area contributed by atoms with Crippen molar-refractivity contribution in [2.24, 2.45) is 5.73 Å². The number of benzene rings is 2. The molecule has 0 fully saturated rings. The number of rotatable bonds is 7. The molecule has 0 aliphatic carbocycles. The summed E-state index contributed by atoms with van der Waals surface area (Å²) in [7, 11) is 1.51. The second-order valence-corrected chi connectivity index (χ2v) is 5.41. The van der Waals surface area contributed by atoms with Gasteiger partial charge in [0.05, 0.1) is 13.7 Å². The lowest BCUT2D eigenvalue weighted by molar-refractivity contribution is -0.112. The van der Waals surface area contributed by atoms with Crippen LogP contribution in [0.1, 0.15) is 22.8 Å². The lowest BCUT2D eigenvalue weighted by atomic mass is 10.1. The Morgan fingerprint density at radius 1 is 1.19 bits per heavy atom. The summed E-state index contributed by atoms with van der Waals surface area (Å²) in [6.07, 6.45) is 1.45. The average Bonchev–Trinajstić information content (AvgIpc) is 2.67. The number of methoxy groups -OCH3 is 1. The van der Waals surface area contributed by atoms with E-state index >= 15 is 0 Å². The van der Waals surface area contributed by atoms with Gasteiger partial charge in [0.15, 0.2) is 11.5 Å². The standard InChI is InChI=1S/C20H19N3O4/c1-3-27-17-9-4-13(11-18(17)26-2)10-15(12-21)20(25)23-16-7-5-14(6-8-16)19(22)24/h4-11H,3H2,1-2H3,(H2,22,24)(H,23,25)/b15-10+. The Bertz CT molecular complexity index is 912. The molecule has 7 heteroatoms. The number of amides is 2. The highest BCUT2D eigenvalue weighted by Crippen LogP contribution is 2.29. The number of primary amides is 1. The number of hydrogen-bond donors (Lipinski definition) is 2. The molecule has 0 spiro atoms. The second kappa shape index (κ2) is 9.06. The number of nitrogens with two attached hydrogens (primary N) is 1. The van der Waals surface area contributed by atoms with E-state index in [1.807, 2.05) is 13.0 Å². The van der Waals surface area contributed by atoms with Crippen molar-refractivity contribution in [2.75, 3.05) is 19.0 Å². The second-order valence-electron chi connectivity index (χ2n) is 5.41. The molecule has 0 saturated carbocycles. The third-order valence-electron chi connectivity index (χ3n) is 3.59. The Kier molecular flexibility index (Phi) is 6.55. The number of nitriles is 1. The lowest BCUT2D eigenvalue weighted by Gasteiger charge is -2.10. The summed E-state index contributed by atoms with van der Waals surface area (Å²) in [5, 5.41) is 11.9. The van der Waals surface area contributed by atoms with Crippen LogP contribution in [0.25, 0.3) is 6.08 Å². The van der Waals surface area contributed by atoms with Crippen LogP contribution >= 0.6 is 0 Å². The monoisotopic (exact) mass is 365 g/mol. The third kappa shape index (κ3) is 5.09. The van der Waals surface area contributed by atoms with E-state index in [-0.39, 0.29) is 5.57 Å². The number of anilines is 1. The van der Waals surface area contributed by atoms with Crippen LogP contribution in [0.5, 0.6) is 11.5 Å². The zero-order valence-electron chi connectivity index (χ0n) is 15.0. The summed E-state index contributed by atoms with van der Waals surface area (Å²) >= 11 is 0. The van der Waals surface area contributed by atoms with Gasteiger partial charge >= 0.3 is 0 Å². The Morgan fingerprint density at radius 2 is 1.89 bits per heavy atom. The fourth-order valence-corrected chi connectivity index (χ4v) is 2.28. The highest BCUT2D eigenvalue weighted by Gasteiger charge is 2.11. The zero-order valence-corrected chi connectivity index (χ0v) is 15.0. The maximum atomic E-state index is 12.3. The number of nitrogens with zero attached hydrogens (tertiary/aromatic N) is 1. The van der Waals surface area contributed by atoms with Gasteiger partial charge in [-0.25, -0.2) is 0 Å². The maximum Gasteiger partial charge on any atom is 0.266 e. The first kappa shape index (κ1) is 19.5. The summed E-state index contributed by atoms with van der Waals surface area (Å²) in [6, 6.07) is 13.0. The van der Waals surface area contributed by atoms with Gasteiger partial charge in [-0.05, 0) is 55.0 Å². The van der Waals surface area contributed by atoms with E-state index in [9.17, 15) is 14.9 Å². The molecule has 27 heavy (non-hydrogen) atoms. The topological polar surface area (TPSA) is 114 Å². The Morgan fingerprint density at radius 3 is 2.44 bits per heavy atom. The van der Waals surface area contributed by atoms with E-state index < -0.39 is 11.8 Å². The minimum atomic E-state index is -0.572. The summed E-state index contributed by atoms with van der Waals surface area (Å²) in [5.41, 5.74) is 6.47. The van der Waals surface area contributed by atoms with Crippen molar-refractivity contribution in [1.82, 2.24) is 0 Å². The van der Waals surface area contributed by atoms with Crippen molar-refractivity contribution in [3.8, 4) is 17.6 Å². The van der Waals surface area contributed by atoms with Gasteiger partial charge in [0.25, 0.3) is 5.91 Å². The molecule has 0 atom stereocenters. The van der Waals surface area contributed by atoms with E-state index in [1.165, 1.54) is 37.5 Å². The van der Waals surface area contributed by atoms with E-state index in [1.54, 1.807) is 18.2 Å². The first-order chi connectivity index (χ1) is 13.0. The molecular formula is C20H19N3O4. The molecule has 0 radical (unpaired) electrons. The van der Waals surface area contributed by atoms with Crippen LogP contribution in [0, 0.1) is 11.3 Å². The van der Waals surface area contributed by atoms with Gasteiger partial charge in [0, 0.05) is 11.3 Å². The van der Waals surface area contributed by atoms with Crippen LogP contribution in [0.15, 0.2) is 48.0 Å². The molecule has 138 valence electrons. The molecule has 2 aromatic rings. The van der Waals surface area contributed by atoms with E-state index in [0.717, 1.165) is 0 Å². The molecule has 0 aliphatic rings. The smallest absolute Gasteiger partial charge is 0.266 e. The largest absolute Gasteiger partial charge is 0.493 e. The normalized spacial score (nSPS) is 10.6. The maximum absolute atomic E-state index is 12.3. The molecule has 2 rings (SSSR count). The molecule has 7 nitrogen and oxygen atoms in total. The van der Waals surface area contributed by atoms with Crippen LogP contribution < -0.4 is 20.5 Å². The minimum Gasteiger partial charge on any atom is -0.493 e. The van der Waals surface area contributed by atoms with Crippen molar-refractivity contribution in [3.05, 3.63) is 59.2 Å². The Balaban J connectivity index is 2.21. The third-order valence-corrected chi connectivity index (χ3v) is 3.59. The molecule has 2 amide bonds. The van der Waals surface area contributed by atoms with Crippen LogP contribution in [0.2, 0.25) is 0 Å². The molecule has 0 bridgehead atoms. The number of ether oxygens (including phenoxy) is 2. The van der Waals surface area contributed by atoms with Gasteiger partial charge < -0.3 is 20.5 Å². The molecule has 0 saturated heterocycles. The summed E-state index contributed by atoms with van der Waals surface area (Å²) in [6.45, 7) is 2.35. The number of hydrogen-bond acceptors (Lipinski definition) is 5. The minimum absolute atomic E-state index is 0.0832.